The van der Waals surface area contributed by atoms with Gasteiger partial charge in [0.05, 0.1) is 25.9 Å². The van der Waals surface area contributed by atoms with E-state index >= 15 is 0 Å². The van der Waals surface area contributed by atoms with Crippen LogP contribution in [0.3, 0.4) is 0 Å². The van der Waals surface area contributed by atoms with Crippen LogP contribution in [-0.4, -0.2) is 52.2 Å². The molecular formula is C13H29NO3. The van der Waals surface area contributed by atoms with Gasteiger partial charge >= 0.3 is 0 Å². The molecule has 0 fully saturated rings. The van der Waals surface area contributed by atoms with Crippen LogP contribution in [0.5, 0.6) is 0 Å². The lowest BCUT2D eigenvalue weighted by Gasteiger charge is -2.19. The lowest BCUT2D eigenvalue weighted by atomic mass is 10.3. The first-order chi connectivity index (χ1) is 8.20. The molecule has 0 spiro atoms. The Morgan fingerprint density at radius 1 is 1.12 bits per heavy atom. The highest BCUT2D eigenvalue weighted by molar-refractivity contribution is 4.63. The van der Waals surface area contributed by atoms with Crippen molar-refractivity contribution in [3.8, 4) is 0 Å². The van der Waals surface area contributed by atoms with Gasteiger partial charge in [0.15, 0.2) is 0 Å². The van der Waals surface area contributed by atoms with E-state index in [1.807, 2.05) is 0 Å². The lowest BCUT2D eigenvalue weighted by molar-refractivity contribution is -0.0282. The number of ether oxygens (including phenoxy) is 3. The van der Waals surface area contributed by atoms with E-state index in [1.54, 1.807) is 7.11 Å². The molecule has 0 aromatic heterocycles. The average Bonchev–Trinajstić information content (AvgIpc) is 2.30. The quantitative estimate of drug-likeness (QED) is 0.534. The molecule has 1 N–H and O–H groups in total. The standard InChI is InChI=1S/C13H29NO3/c1-5-6-7-16-8-9-17-13(11-15-4)10-14-12(2)3/h12-14H,5-11H2,1-4H3. The zero-order chi connectivity index (χ0) is 12.9. The molecule has 0 heterocycles. The summed E-state index contributed by atoms with van der Waals surface area (Å²) in [6.07, 6.45) is 2.40. The van der Waals surface area contributed by atoms with E-state index in [1.165, 1.54) is 6.42 Å². The third kappa shape index (κ3) is 12.1. The Balaban J connectivity index is 3.48. The number of hydrogen-bond acceptors (Lipinski definition) is 4. The van der Waals surface area contributed by atoms with Gasteiger partial charge in [-0.2, -0.15) is 0 Å². The zero-order valence-electron chi connectivity index (χ0n) is 11.8. The number of hydrogen-bond donors (Lipinski definition) is 1. The van der Waals surface area contributed by atoms with E-state index in [0.29, 0.717) is 25.9 Å². The van der Waals surface area contributed by atoms with Crippen molar-refractivity contribution in [2.45, 2.75) is 45.8 Å². The normalized spacial score (nSPS) is 13.2. The van der Waals surface area contributed by atoms with Crippen LogP contribution in [0, 0.1) is 0 Å². The number of methoxy groups -OCH3 is 1. The first-order valence-electron chi connectivity index (χ1n) is 6.62. The van der Waals surface area contributed by atoms with E-state index < -0.39 is 0 Å². The molecule has 0 amide bonds. The van der Waals surface area contributed by atoms with Gasteiger partial charge in [0.25, 0.3) is 0 Å². The maximum Gasteiger partial charge on any atom is 0.0933 e. The highest BCUT2D eigenvalue weighted by Gasteiger charge is 2.08. The zero-order valence-corrected chi connectivity index (χ0v) is 11.8. The fourth-order valence-corrected chi connectivity index (χ4v) is 1.34. The van der Waals surface area contributed by atoms with Crippen LogP contribution in [0.15, 0.2) is 0 Å². The largest absolute Gasteiger partial charge is 0.382 e. The van der Waals surface area contributed by atoms with Gasteiger partial charge < -0.3 is 19.5 Å². The maximum atomic E-state index is 5.70. The smallest absolute Gasteiger partial charge is 0.0933 e. The first-order valence-corrected chi connectivity index (χ1v) is 6.62. The Labute approximate surface area is 106 Å². The summed E-state index contributed by atoms with van der Waals surface area (Å²) < 4.78 is 16.3. The Kier molecular flexibility index (Phi) is 12.2. The fraction of sp³-hybridized carbons (Fsp3) is 1.00. The molecule has 1 atom stereocenters. The van der Waals surface area contributed by atoms with Crippen LogP contribution in [0.25, 0.3) is 0 Å². The van der Waals surface area contributed by atoms with Gasteiger partial charge in [-0.05, 0) is 6.42 Å². The summed E-state index contributed by atoms with van der Waals surface area (Å²) in [5, 5.41) is 3.35. The van der Waals surface area contributed by atoms with Crippen LogP contribution in [0.1, 0.15) is 33.6 Å². The van der Waals surface area contributed by atoms with Crippen LogP contribution in [0.4, 0.5) is 0 Å². The van der Waals surface area contributed by atoms with E-state index in [0.717, 1.165) is 19.6 Å². The molecule has 1 unspecified atom stereocenters. The summed E-state index contributed by atoms with van der Waals surface area (Å²) in [6.45, 7) is 9.98. The molecule has 0 rings (SSSR count). The highest BCUT2D eigenvalue weighted by atomic mass is 16.5. The van der Waals surface area contributed by atoms with Crippen molar-refractivity contribution in [1.82, 2.24) is 5.32 Å². The van der Waals surface area contributed by atoms with E-state index in [4.69, 9.17) is 14.2 Å². The summed E-state index contributed by atoms with van der Waals surface area (Å²) in [7, 11) is 1.70. The predicted molar refractivity (Wildman–Crippen MR) is 70.5 cm³/mol. The summed E-state index contributed by atoms with van der Waals surface area (Å²) in [5.74, 6) is 0. The molecule has 0 aliphatic heterocycles. The van der Waals surface area contributed by atoms with Gasteiger partial charge in [0.1, 0.15) is 0 Å². The third-order valence-electron chi connectivity index (χ3n) is 2.33. The number of rotatable bonds is 12. The Morgan fingerprint density at radius 2 is 1.88 bits per heavy atom. The summed E-state index contributed by atoms with van der Waals surface area (Å²) in [4.78, 5) is 0. The van der Waals surface area contributed by atoms with Crippen molar-refractivity contribution in [3.05, 3.63) is 0 Å². The first kappa shape index (κ1) is 16.8. The SMILES string of the molecule is CCCCOCCOC(CNC(C)C)COC. The molecule has 4 heteroatoms. The van der Waals surface area contributed by atoms with Crippen molar-refractivity contribution in [2.24, 2.45) is 0 Å². The topological polar surface area (TPSA) is 39.7 Å². The van der Waals surface area contributed by atoms with Crippen molar-refractivity contribution in [3.63, 3.8) is 0 Å². The van der Waals surface area contributed by atoms with Crippen molar-refractivity contribution in [2.75, 3.05) is 40.1 Å². The highest BCUT2D eigenvalue weighted by Crippen LogP contribution is 1.94. The molecule has 0 saturated carbocycles. The van der Waals surface area contributed by atoms with E-state index in [2.05, 4.69) is 26.1 Å². The molecule has 4 nitrogen and oxygen atoms in total. The Bertz CT molecular complexity index is 154. The average molecular weight is 247 g/mol. The van der Waals surface area contributed by atoms with Crippen LogP contribution in [-0.2, 0) is 14.2 Å². The predicted octanol–water partition coefficient (Wildman–Crippen LogP) is 1.83. The van der Waals surface area contributed by atoms with Gasteiger partial charge in [-0.3, -0.25) is 0 Å². The molecule has 0 radical (unpaired) electrons. The molecule has 0 saturated heterocycles. The second kappa shape index (κ2) is 12.3. The van der Waals surface area contributed by atoms with Crippen LogP contribution in [0.2, 0.25) is 0 Å². The van der Waals surface area contributed by atoms with Crippen LogP contribution >= 0.6 is 0 Å². The number of unbranched alkanes of at least 4 members (excludes halogenated alkanes) is 1. The molecular weight excluding hydrogens is 218 g/mol. The maximum absolute atomic E-state index is 5.70. The number of nitrogens with one attached hydrogen (secondary N) is 1. The van der Waals surface area contributed by atoms with Gasteiger partial charge in [0.2, 0.25) is 0 Å². The molecule has 104 valence electrons. The molecule has 0 aromatic rings. The summed E-state index contributed by atoms with van der Waals surface area (Å²) >= 11 is 0. The minimum absolute atomic E-state index is 0.108. The van der Waals surface area contributed by atoms with Crippen molar-refractivity contribution in [1.29, 1.82) is 0 Å². The third-order valence-corrected chi connectivity index (χ3v) is 2.33. The van der Waals surface area contributed by atoms with E-state index in [-0.39, 0.29) is 6.10 Å². The summed E-state index contributed by atoms with van der Waals surface area (Å²) in [5.41, 5.74) is 0. The monoisotopic (exact) mass is 247 g/mol. The minimum Gasteiger partial charge on any atom is -0.382 e. The molecule has 0 aliphatic carbocycles. The summed E-state index contributed by atoms with van der Waals surface area (Å²) in [6, 6.07) is 0.471. The minimum atomic E-state index is 0.108. The van der Waals surface area contributed by atoms with Gasteiger partial charge in [0, 0.05) is 26.3 Å². The second-order valence-corrected chi connectivity index (χ2v) is 4.48. The van der Waals surface area contributed by atoms with E-state index in [9.17, 15) is 0 Å². The fourth-order valence-electron chi connectivity index (χ4n) is 1.34. The van der Waals surface area contributed by atoms with Gasteiger partial charge in [-0.15, -0.1) is 0 Å². The molecule has 0 aromatic carbocycles. The van der Waals surface area contributed by atoms with Crippen molar-refractivity contribution < 1.29 is 14.2 Å². The van der Waals surface area contributed by atoms with Gasteiger partial charge in [-0.1, -0.05) is 27.2 Å². The van der Waals surface area contributed by atoms with Crippen LogP contribution < -0.4 is 5.32 Å². The Morgan fingerprint density at radius 3 is 2.47 bits per heavy atom. The lowest BCUT2D eigenvalue weighted by Crippen LogP contribution is -2.36. The van der Waals surface area contributed by atoms with Crippen molar-refractivity contribution >= 4 is 0 Å². The Hall–Kier alpha value is -0.160. The molecule has 0 bridgehead atoms. The molecule has 17 heavy (non-hydrogen) atoms. The van der Waals surface area contributed by atoms with Gasteiger partial charge in [-0.25, -0.2) is 0 Å². The second-order valence-electron chi connectivity index (χ2n) is 4.48. The molecule has 0 aliphatic rings.